The maximum absolute atomic E-state index is 11.8. The van der Waals surface area contributed by atoms with E-state index in [1.54, 1.807) is 34.1 Å². The number of anilines is 4. The van der Waals surface area contributed by atoms with Gasteiger partial charge in [-0.3, -0.25) is 43.0 Å². The number of aromatic amines is 3. The molecule has 25 nitrogen and oxygen atoms in total. The van der Waals surface area contributed by atoms with Crippen molar-refractivity contribution in [2.24, 2.45) is 7.05 Å². The van der Waals surface area contributed by atoms with Gasteiger partial charge in [-0.05, 0) is 110 Å². The third kappa shape index (κ3) is 13.1. The Bertz CT molecular complexity index is 3380. The van der Waals surface area contributed by atoms with Crippen molar-refractivity contribution < 1.29 is 4.57 Å². The van der Waals surface area contributed by atoms with E-state index in [1.165, 1.54) is 23.2 Å². The third-order valence-electron chi connectivity index (χ3n) is 9.81. The lowest BCUT2D eigenvalue weighted by Gasteiger charge is -2.21. The summed E-state index contributed by atoms with van der Waals surface area (Å²) in [6.07, 6.45) is 9.82. The predicted octanol–water partition coefficient (Wildman–Crippen LogP) is 2.38. The van der Waals surface area contributed by atoms with Crippen LogP contribution in [0.5, 0.6) is 0 Å². The first-order chi connectivity index (χ1) is 31.5. The fraction of sp³-hybridized carbons (Fsp3) is 0.477. The molecular formula is C44H67N20O5+. The molecular weight excluding hydrogens is 889 g/mol. The zero-order valence-electron chi connectivity index (χ0n) is 42.3. The Morgan fingerprint density at radius 2 is 1.06 bits per heavy atom. The van der Waals surface area contributed by atoms with Crippen molar-refractivity contribution in [3.63, 3.8) is 0 Å². The number of nitrogens with one attached hydrogen (secondary N) is 3. The lowest BCUT2D eigenvalue weighted by atomic mass is 10.1. The molecule has 25 heteroatoms. The van der Waals surface area contributed by atoms with Gasteiger partial charge in [0.25, 0.3) is 22.6 Å². The molecule has 0 spiro atoms. The monoisotopic (exact) mass is 956 g/mol. The lowest BCUT2D eigenvalue weighted by molar-refractivity contribution is -0.732. The number of aromatic nitrogens is 16. The molecule has 0 amide bonds. The molecule has 0 aliphatic carbocycles. The second kappa shape index (κ2) is 19.7. The normalized spacial score (nSPS) is 12.0. The Kier molecular flexibility index (Phi) is 15.3. The van der Waals surface area contributed by atoms with Crippen LogP contribution in [-0.4, -0.2) is 72.7 Å². The Labute approximate surface area is 396 Å². The summed E-state index contributed by atoms with van der Waals surface area (Å²) >= 11 is 0. The molecule has 8 aromatic rings. The molecule has 0 aliphatic rings. The Morgan fingerprint density at radius 3 is 1.58 bits per heavy atom. The summed E-state index contributed by atoms with van der Waals surface area (Å²) in [6.45, 7) is 29.9. The number of hydrogen-bond donors (Lipinski definition) is 7. The molecule has 69 heavy (non-hydrogen) atoms. The highest BCUT2D eigenvalue weighted by atomic mass is 16.2. The fourth-order valence-corrected chi connectivity index (χ4v) is 6.37. The van der Waals surface area contributed by atoms with Gasteiger partial charge in [0.2, 0.25) is 11.5 Å². The number of nitrogens with zero attached hydrogens (tertiary/aromatic N) is 13. The second-order valence-corrected chi connectivity index (χ2v) is 20.8. The molecule has 372 valence electrons. The zero-order valence-corrected chi connectivity index (χ0v) is 42.3. The molecule has 0 saturated heterocycles. The van der Waals surface area contributed by atoms with E-state index in [0.717, 1.165) is 5.65 Å². The van der Waals surface area contributed by atoms with Crippen molar-refractivity contribution in [1.82, 2.24) is 72.7 Å². The SMILES string of the molecule is CC(C)(C)n1ccc(=O)[nH]c1=O.CC(C)(C)n1ccc(N)nc1=O.CC(C)(C)n1cnc2c(=O)[nH]c(N)nc21.CC(C)(C)n1cnc2c(N)ncnc21.Cn1c[n+](C(C)(C)C)c2nc(N)[nH]c(=O)c21. The van der Waals surface area contributed by atoms with E-state index in [1.807, 2.05) is 110 Å². The van der Waals surface area contributed by atoms with E-state index in [4.69, 9.17) is 22.9 Å². The summed E-state index contributed by atoms with van der Waals surface area (Å²) in [5, 5.41) is 0. The fourth-order valence-electron chi connectivity index (χ4n) is 6.37. The van der Waals surface area contributed by atoms with Crippen LogP contribution in [0.15, 0.2) is 73.8 Å². The quantitative estimate of drug-likeness (QED) is 0.107. The van der Waals surface area contributed by atoms with Crippen LogP contribution in [-0.2, 0) is 34.7 Å². The van der Waals surface area contributed by atoms with Crippen molar-refractivity contribution in [3.8, 4) is 0 Å². The molecule has 0 fully saturated rings. The van der Waals surface area contributed by atoms with Crippen LogP contribution in [0.1, 0.15) is 104 Å². The average Bonchev–Trinajstić information content (AvgIpc) is 3.91. The van der Waals surface area contributed by atoms with E-state index < -0.39 is 0 Å². The van der Waals surface area contributed by atoms with Crippen molar-refractivity contribution in [3.05, 3.63) is 102 Å². The Balaban J connectivity index is 0.000000189. The maximum atomic E-state index is 11.8. The van der Waals surface area contributed by atoms with Gasteiger partial charge >= 0.3 is 17.0 Å². The number of nitrogens with two attached hydrogens (primary N) is 4. The average molecular weight is 956 g/mol. The molecule has 0 atom stereocenters. The summed E-state index contributed by atoms with van der Waals surface area (Å²) in [5.41, 5.74) is 23.1. The summed E-state index contributed by atoms with van der Waals surface area (Å²) in [4.78, 5) is 91.7. The highest BCUT2D eigenvalue weighted by Crippen LogP contribution is 2.22. The zero-order chi connectivity index (χ0) is 52.4. The first-order valence-electron chi connectivity index (χ1n) is 21.6. The molecule has 0 aromatic carbocycles. The van der Waals surface area contributed by atoms with Crippen LogP contribution in [0.25, 0.3) is 33.5 Å². The topological polar surface area (TPSA) is 356 Å². The highest BCUT2D eigenvalue weighted by Gasteiger charge is 2.27. The first-order valence-corrected chi connectivity index (χ1v) is 21.6. The van der Waals surface area contributed by atoms with E-state index in [0.29, 0.717) is 33.7 Å². The van der Waals surface area contributed by atoms with Gasteiger partial charge in [0.05, 0.1) is 25.2 Å². The van der Waals surface area contributed by atoms with Gasteiger partial charge in [0, 0.05) is 40.6 Å². The number of H-pyrrole nitrogens is 3. The van der Waals surface area contributed by atoms with E-state index in [-0.39, 0.29) is 73.5 Å². The predicted molar refractivity (Wildman–Crippen MR) is 267 cm³/mol. The minimum Gasteiger partial charge on any atom is -0.383 e. The highest BCUT2D eigenvalue weighted by molar-refractivity contribution is 5.81. The molecule has 11 N–H and O–H groups in total. The number of fused-ring (bicyclic) bond motifs is 3. The summed E-state index contributed by atoms with van der Waals surface area (Å²) < 4.78 is 10.5. The van der Waals surface area contributed by atoms with E-state index in [2.05, 4.69) is 70.6 Å². The van der Waals surface area contributed by atoms with Crippen molar-refractivity contribution in [2.75, 3.05) is 22.9 Å². The second-order valence-electron chi connectivity index (χ2n) is 20.8. The minimum absolute atomic E-state index is 0.0461. The number of imidazole rings is 3. The molecule has 0 unspecified atom stereocenters. The standard InChI is InChI=1S/C10H15N5O.C9H13N5O.C9H13N5.C8H13N3O.C8H12N2O2/c1-10(2,3)15-5-14(4)6-7(15)12-9(11)13-8(6)16;1-9(2,3)14-4-11-5-6(14)12-8(10)13-7(5)15;1-9(2,3)14-5-13-6-7(10)11-4-12-8(6)14;1-8(2,3)11-5-4-6(9)10-7(11)12;1-8(2,3)10-5-4-6(11)9-7(10)12/h5H,1-4H3,(H2-,11,12,13,16);4H,1-3H3,(H3,10,12,13,15);4-5H,1-3H3,(H2,10,11,12);4-5H,1-3H3,(H2,9,10,12);4-5H,1-3H3,(H,9,11,12)/p+1. The first kappa shape index (κ1) is 53.6. The molecule has 8 heterocycles. The van der Waals surface area contributed by atoms with Crippen molar-refractivity contribution >= 4 is 57.0 Å². The van der Waals surface area contributed by atoms with E-state index in [9.17, 15) is 24.0 Å². The summed E-state index contributed by atoms with van der Waals surface area (Å²) in [6, 6.07) is 2.96. The van der Waals surface area contributed by atoms with Crippen molar-refractivity contribution in [2.45, 2.75) is 132 Å². The smallest absolute Gasteiger partial charge is 0.349 e. The Hall–Kier alpha value is -7.99. The van der Waals surface area contributed by atoms with Gasteiger partial charge in [-0.2, -0.15) is 9.97 Å². The summed E-state index contributed by atoms with van der Waals surface area (Å²) in [7, 11) is 1.82. The van der Waals surface area contributed by atoms with Gasteiger partial charge in [-0.15, -0.1) is 0 Å². The minimum atomic E-state index is -0.366. The van der Waals surface area contributed by atoms with Crippen LogP contribution < -0.4 is 55.6 Å². The molecule has 0 saturated carbocycles. The van der Waals surface area contributed by atoms with Crippen LogP contribution in [0.2, 0.25) is 0 Å². The molecule has 0 aliphatic heterocycles. The summed E-state index contributed by atoms with van der Waals surface area (Å²) in [5.74, 6) is 0.943. The number of aryl methyl sites for hydroxylation is 1. The van der Waals surface area contributed by atoms with E-state index >= 15 is 0 Å². The van der Waals surface area contributed by atoms with Crippen LogP contribution >= 0.6 is 0 Å². The van der Waals surface area contributed by atoms with Gasteiger partial charge in [0.15, 0.2) is 29.0 Å². The molecule has 0 radical (unpaired) electrons. The maximum Gasteiger partial charge on any atom is 0.349 e. The third-order valence-corrected chi connectivity index (χ3v) is 9.81. The van der Waals surface area contributed by atoms with Crippen molar-refractivity contribution in [1.29, 1.82) is 0 Å². The van der Waals surface area contributed by atoms with Gasteiger partial charge < -0.3 is 32.1 Å². The number of rotatable bonds is 0. The molecule has 8 aromatic heterocycles. The largest absolute Gasteiger partial charge is 0.383 e. The van der Waals surface area contributed by atoms with Crippen LogP contribution in [0, 0.1) is 0 Å². The van der Waals surface area contributed by atoms with Gasteiger partial charge in [-0.25, -0.2) is 34.1 Å². The molecule has 0 bridgehead atoms. The number of hydrogen-bond acceptors (Lipinski definition) is 16. The molecule has 8 rings (SSSR count). The van der Waals surface area contributed by atoms with Crippen LogP contribution in [0.3, 0.4) is 0 Å². The van der Waals surface area contributed by atoms with Gasteiger partial charge in [0.1, 0.15) is 17.7 Å². The van der Waals surface area contributed by atoms with Gasteiger partial charge in [-0.1, -0.05) is 4.98 Å². The van der Waals surface area contributed by atoms with Crippen LogP contribution in [0.4, 0.5) is 23.5 Å². The lowest BCUT2D eigenvalue weighted by Crippen LogP contribution is -2.49. The Morgan fingerprint density at radius 1 is 0.551 bits per heavy atom. The number of nitrogen functional groups attached to an aromatic ring is 4.